The Balaban J connectivity index is 2.68. The van der Waals surface area contributed by atoms with Crippen LogP contribution in [0.1, 0.15) is 26.3 Å². The van der Waals surface area contributed by atoms with Gasteiger partial charge in [-0.1, -0.05) is 6.07 Å². The first-order chi connectivity index (χ1) is 8.35. The molecule has 18 heavy (non-hydrogen) atoms. The van der Waals surface area contributed by atoms with Crippen molar-refractivity contribution in [1.82, 2.24) is 5.32 Å². The minimum Gasteiger partial charge on any atom is -0.391 e. The molecule has 2 amide bonds. The second kappa shape index (κ2) is 5.52. The Morgan fingerprint density at radius 3 is 2.72 bits per heavy atom. The Morgan fingerprint density at radius 1 is 1.50 bits per heavy atom. The van der Waals surface area contributed by atoms with E-state index in [0.717, 1.165) is 0 Å². The predicted molar refractivity (Wildman–Crippen MR) is 69.1 cm³/mol. The van der Waals surface area contributed by atoms with Crippen molar-refractivity contribution in [3.63, 3.8) is 0 Å². The fraction of sp³-hybridized carbons (Fsp3) is 0.385. The Morgan fingerprint density at radius 2 is 2.17 bits per heavy atom. The van der Waals surface area contributed by atoms with E-state index in [2.05, 4.69) is 10.6 Å². The van der Waals surface area contributed by atoms with Crippen molar-refractivity contribution in [3.05, 3.63) is 29.8 Å². The van der Waals surface area contributed by atoms with Gasteiger partial charge < -0.3 is 15.7 Å². The highest BCUT2D eigenvalue weighted by atomic mass is 16.3. The molecule has 0 radical (unpaired) electrons. The number of urea groups is 1. The summed E-state index contributed by atoms with van der Waals surface area (Å²) in [6.07, 6.45) is -0.673. The summed E-state index contributed by atoms with van der Waals surface area (Å²) in [5.41, 5.74) is 0.284. The lowest BCUT2D eigenvalue weighted by Crippen LogP contribution is -2.52. The van der Waals surface area contributed by atoms with Crippen molar-refractivity contribution in [1.29, 1.82) is 5.26 Å². The van der Waals surface area contributed by atoms with Gasteiger partial charge in [0.1, 0.15) is 0 Å². The molecule has 1 unspecified atom stereocenters. The molecule has 96 valence electrons. The lowest BCUT2D eigenvalue weighted by atomic mass is 9.99. The molecule has 5 heteroatoms. The molecule has 0 bridgehead atoms. The normalized spacial score (nSPS) is 12.4. The van der Waals surface area contributed by atoms with Crippen LogP contribution in [0.2, 0.25) is 0 Å². The summed E-state index contributed by atoms with van der Waals surface area (Å²) in [5, 5.41) is 23.5. The van der Waals surface area contributed by atoms with Gasteiger partial charge in [0.2, 0.25) is 0 Å². The molecule has 0 fully saturated rings. The summed E-state index contributed by atoms with van der Waals surface area (Å²) in [5.74, 6) is 0. The van der Waals surface area contributed by atoms with Gasteiger partial charge in [-0.25, -0.2) is 4.79 Å². The lowest BCUT2D eigenvalue weighted by Gasteiger charge is -2.29. The van der Waals surface area contributed by atoms with Crippen LogP contribution in [-0.4, -0.2) is 22.8 Å². The standard InChI is InChI=1S/C13H17N3O2/c1-9(17)13(2,3)16-12(18)15-11-6-4-5-10(7-11)8-14/h4-7,9,17H,1-3H3,(H2,15,16,18). The van der Waals surface area contributed by atoms with E-state index < -0.39 is 17.7 Å². The average Bonchev–Trinajstić information content (AvgIpc) is 2.28. The lowest BCUT2D eigenvalue weighted by molar-refractivity contribution is 0.103. The molecule has 1 aromatic carbocycles. The number of benzene rings is 1. The summed E-state index contributed by atoms with van der Waals surface area (Å²) in [6.45, 7) is 5.06. The minimum atomic E-state index is -0.725. The van der Waals surface area contributed by atoms with Crippen molar-refractivity contribution >= 4 is 11.7 Å². The third-order valence-corrected chi connectivity index (χ3v) is 2.73. The zero-order valence-corrected chi connectivity index (χ0v) is 10.7. The first kappa shape index (κ1) is 14.0. The Hall–Kier alpha value is -2.06. The number of nitriles is 1. The number of hydrogen-bond acceptors (Lipinski definition) is 3. The van der Waals surface area contributed by atoms with E-state index in [0.29, 0.717) is 11.3 Å². The van der Waals surface area contributed by atoms with Gasteiger partial charge in [-0.15, -0.1) is 0 Å². The number of carbonyl (C=O) groups excluding carboxylic acids is 1. The zero-order chi connectivity index (χ0) is 13.8. The van der Waals surface area contributed by atoms with Crippen LogP contribution in [0.3, 0.4) is 0 Å². The van der Waals surface area contributed by atoms with Crippen LogP contribution in [0.4, 0.5) is 10.5 Å². The topological polar surface area (TPSA) is 85.2 Å². The van der Waals surface area contributed by atoms with Gasteiger partial charge in [-0.3, -0.25) is 0 Å². The molecule has 0 aromatic heterocycles. The molecule has 1 rings (SSSR count). The molecule has 0 aliphatic heterocycles. The Kier molecular flexibility index (Phi) is 4.29. The molecule has 0 saturated heterocycles. The second-order valence-electron chi connectivity index (χ2n) is 4.67. The maximum Gasteiger partial charge on any atom is 0.319 e. The van der Waals surface area contributed by atoms with Crippen LogP contribution in [-0.2, 0) is 0 Å². The van der Waals surface area contributed by atoms with Crippen LogP contribution < -0.4 is 10.6 Å². The van der Waals surface area contributed by atoms with Crippen molar-refractivity contribution in [2.24, 2.45) is 0 Å². The quantitative estimate of drug-likeness (QED) is 0.761. The maximum atomic E-state index is 11.7. The Bertz CT molecular complexity index is 475. The third kappa shape index (κ3) is 3.75. The minimum absolute atomic E-state index is 0.420. The number of nitrogens with one attached hydrogen (secondary N) is 2. The average molecular weight is 247 g/mol. The number of rotatable bonds is 3. The molecule has 1 atom stereocenters. The van der Waals surface area contributed by atoms with E-state index in [1.807, 2.05) is 6.07 Å². The van der Waals surface area contributed by atoms with Gasteiger partial charge in [0.25, 0.3) is 0 Å². The molecule has 5 nitrogen and oxygen atoms in total. The van der Waals surface area contributed by atoms with E-state index in [1.54, 1.807) is 45.0 Å². The van der Waals surface area contributed by atoms with E-state index >= 15 is 0 Å². The van der Waals surface area contributed by atoms with Crippen LogP contribution in [0.5, 0.6) is 0 Å². The highest BCUT2D eigenvalue weighted by molar-refractivity contribution is 5.89. The van der Waals surface area contributed by atoms with Gasteiger partial charge in [-0.05, 0) is 39.0 Å². The molecular formula is C13H17N3O2. The van der Waals surface area contributed by atoms with E-state index in [4.69, 9.17) is 5.26 Å². The molecular weight excluding hydrogens is 230 g/mol. The first-order valence-corrected chi connectivity index (χ1v) is 5.62. The fourth-order valence-corrected chi connectivity index (χ4v) is 1.23. The van der Waals surface area contributed by atoms with Crippen LogP contribution in [0.25, 0.3) is 0 Å². The number of amides is 2. The molecule has 0 heterocycles. The summed E-state index contributed by atoms with van der Waals surface area (Å²) in [4.78, 5) is 11.7. The summed E-state index contributed by atoms with van der Waals surface area (Å²) < 4.78 is 0. The molecule has 0 aliphatic carbocycles. The van der Waals surface area contributed by atoms with Crippen LogP contribution in [0, 0.1) is 11.3 Å². The molecule has 0 aliphatic rings. The van der Waals surface area contributed by atoms with Gasteiger partial charge in [-0.2, -0.15) is 5.26 Å². The summed E-state index contributed by atoms with van der Waals surface area (Å²) >= 11 is 0. The van der Waals surface area contributed by atoms with E-state index in [-0.39, 0.29) is 0 Å². The van der Waals surface area contributed by atoms with Crippen molar-refractivity contribution in [2.75, 3.05) is 5.32 Å². The molecule has 3 N–H and O–H groups in total. The highest BCUT2D eigenvalue weighted by Gasteiger charge is 2.25. The molecule has 0 spiro atoms. The highest BCUT2D eigenvalue weighted by Crippen LogP contribution is 2.12. The number of hydrogen-bond donors (Lipinski definition) is 3. The summed E-state index contributed by atoms with van der Waals surface area (Å²) in [6, 6.07) is 8.19. The smallest absolute Gasteiger partial charge is 0.319 e. The van der Waals surface area contributed by atoms with E-state index in [9.17, 15) is 9.90 Å². The zero-order valence-electron chi connectivity index (χ0n) is 10.7. The number of carbonyl (C=O) groups is 1. The number of aliphatic hydroxyl groups is 1. The molecule has 0 saturated carbocycles. The van der Waals surface area contributed by atoms with Crippen LogP contribution >= 0.6 is 0 Å². The summed E-state index contributed by atoms with van der Waals surface area (Å²) in [7, 11) is 0. The van der Waals surface area contributed by atoms with E-state index in [1.165, 1.54) is 0 Å². The van der Waals surface area contributed by atoms with Crippen molar-refractivity contribution in [3.8, 4) is 6.07 Å². The maximum absolute atomic E-state index is 11.7. The van der Waals surface area contributed by atoms with Gasteiger partial charge >= 0.3 is 6.03 Å². The SMILES string of the molecule is CC(O)C(C)(C)NC(=O)Nc1cccc(C#N)c1. The second-order valence-corrected chi connectivity index (χ2v) is 4.67. The monoisotopic (exact) mass is 247 g/mol. The fourth-order valence-electron chi connectivity index (χ4n) is 1.23. The first-order valence-electron chi connectivity index (χ1n) is 5.62. The van der Waals surface area contributed by atoms with Crippen molar-refractivity contribution in [2.45, 2.75) is 32.4 Å². The third-order valence-electron chi connectivity index (χ3n) is 2.73. The largest absolute Gasteiger partial charge is 0.391 e. The van der Waals surface area contributed by atoms with Gasteiger partial charge in [0.05, 0.1) is 23.3 Å². The van der Waals surface area contributed by atoms with Crippen LogP contribution in [0.15, 0.2) is 24.3 Å². The number of aliphatic hydroxyl groups excluding tert-OH is 1. The molecule has 1 aromatic rings. The Labute approximate surface area is 106 Å². The van der Waals surface area contributed by atoms with Crippen molar-refractivity contribution < 1.29 is 9.90 Å². The number of nitrogens with zero attached hydrogens (tertiary/aromatic N) is 1. The predicted octanol–water partition coefficient (Wildman–Crippen LogP) is 1.84. The van der Waals surface area contributed by atoms with Gasteiger partial charge in [0.15, 0.2) is 0 Å². The number of anilines is 1. The van der Waals surface area contributed by atoms with Gasteiger partial charge in [0, 0.05) is 5.69 Å².